The zero-order valence-electron chi connectivity index (χ0n) is 16.1. The van der Waals surface area contributed by atoms with E-state index in [9.17, 15) is 27.5 Å². The van der Waals surface area contributed by atoms with E-state index in [0.717, 1.165) is 12.3 Å². The minimum Gasteiger partial charge on any atom is -0.477 e. The number of hydrogen-bond acceptors (Lipinski definition) is 4. The summed E-state index contributed by atoms with van der Waals surface area (Å²) < 4.78 is 62.3. The van der Waals surface area contributed by atoms with Crippen molar-refractivity contribution in [2.24, 2.45) is 0 Å². The highest BCUT2D eigenvalue weighted by Gasteiger charge is 2.42. The molecule has 1 N–H and O–H groups in total. The molecule has 0 saturated heterocycles. The van der Waals surface area contributed by atoms with E-state index in [1.54, 1.807) is 25.1 Å². The van der Waals surface area contributed by atoms with Gasteiger partial charge in [0.25, 0.3) is 0 Å². The van der Waals surface area contributed by atoms with Crippen LogP contribution in [0.25, 0.3) is 28.3 Å². The van der Waals surface area contributed by atoms with Crippen molar-refractivity contribution in [3.63, 3.8) is 0 Å². The van der Waals surface area contributed by atoms with Gasteiger partial charge >= 0.3 is 12.1 Å². The highest BCUT2D eigenvalue weighted by atomic mass is 35.5. The molecule has 2 aromatic carbocycles. The lowest BCUT2D eigenvalue weighted by atomic mass is 10.0. The number of aromatic nitrogens is 3. The Kier molecular flexibility index (Phi) is 5.25. The van der Waals surface area contributed by atoms with Gasteiger partial charge in [0.1, 0.15) is 17.1 Å². The number of para-hydroxylation sites is 1. The molecule has 2 heterocycles. The Morgan fingerprint density at radius 1 is 1.16 bits per heavy atom. The SMILES string of the molecule is Cc1ccccc1-n1ncc(-c2onc(-c3c(F)cccc3Cl)c2C(=O)O)c1C(F)(F)F. The largest absolute Gasteiger partial charge is 0.477 e. The minimum absolute atomic E-state index is 0.139. The molecule has 0 radical (unpaired) electrons. The van der Waals surface area contributed by atoms with Gasteiger partial charge in [0.2, 0.25) is 0 Å². The van der Waals surface area contributed by atoms with Crippen LogP contribution >= 0.6 is 11.6 Å². The average Bonchev–Trinajstić information content (AvgIpc) is 3.32. The number of halogens is 5. The van der Waals surface area contributed by atoms with E-state index in [-0.39, 0.29) is 10.7 Å². The Hall–Kier alpha value is -3.66. The molecule has 4 rings (SSSR count). The van der Waals surface area contributed by atoms with Crippen LogP contribution in [-0.4, -0.2) is 26.0 Å². The van der Waals surface area contributed by atoms with Gasteiger partial charge in [0.05, 0.1) is 28.0 Å². The number of aryl methyl sites for hydroxylation is 1. The van der Waals surface area contributed by atoms with Crippen LogP contribution in [0, 0.1) is 12.7 Å². The summed E-state index contributed by atoms with van der Waals surface area (Å²) in [6.45, 7) is 1.60. The molecular formula is C21H12ClF4N3O3. The minimum atomic E-state index is -4.94. The summed E-state index contributed by atoms with van der Waals surface area (Å²) in [6, 6.07) is 9.82. The fraction of sp³-hybridized carbons (Fsp3) is 0.0952. The summed E-state index contributed by atoms with van der Waals surface area (Å²) in [7, 11) is 0. The molecule has 164 valence electrons. The molecule has 0 aliphatic carbocycles. The van der Waals surface area contributed by atoms with Crippen molar-refractivity contribution in [3.05, 3.63) is 76.3 Å². The zero-order valence-corrected chi connectivity index (χ0v) is 16.9. The van der Waals surface area contributed by atoms with Crippen molar-refractivity contribution in [1.82, 2.24) is 14.9 Å². The fourth-order valence-corrected chi connectivity index (χ4v) is 3.59. The zero-order chi connectivity index (χ0) is 23.2. The van der Waals surface area contributed by atoms with Gasteiger partial charge in [-0.05, 0) is 30.7 Å². The first-order valence-corrected chi connectivity index (χ1v) is 9.38. The van der Waals surface area contributed by atoms with E-state index >= 15 is 0 Å². The maximum atomic E-state index is 14.4. The lowest BCUT2D eigenvalue weighted by Crippen LogP contribution is -2.15. The third kappa shape index (κ3) is 3.52. The van der Waals surface area contributed by atoms with Crippen molar-refractivity contribution in [2.75, 3.05) is 0 Å². The number of rotatable bonds is 4. The molecule has 32 heavy (non-hydrogen) atoms. The Labute approximate surface area is 182 Å². The molecule has 0 atom stereocenters. The number of alkyl halides is 3. The van der Waals surface area contributed by atoms with E-state index in [4.69, 9.17) is 16.1 Å². The van der Waals surface area contributed by atoms with Crippen molar-refractivity contribution < 1.29 is 32.0 Å². The predicted octanol–water partition coefficient (Wildman–Crippen LogP) is 6.01. The van der Waals surface area contributed by atoms with Gasteiger partial charge in [-0.3, -0.25) is 0 Å². The average molecular weight is 466 g/mol. The Morgan fingerprint density at radius 2 is 1.88 bits per heavy atom. The second kappa shape index (κ2) is 7.79. The quantitative estimate of drug-likeness (QED) is 0.373. The fourth-order valence-electron chi connectivity index (χ4n) is 3.34. The van der Waals surface area contributed by atoms with Crippen molar-refractivity contribution in [1.29, 1.82) is 0 Å². The van der Waals surface area contributed by atoms with E-state index in [2.05, 4.69) is 10.3 Å². The lowest BCUT2D eigenvalue weighted by Gasteiger charge is -2.13. The van der Waals surface area contributed by atoms with E-state index in [0.29, 0.717) is 10.2 Å². The van der Waals surface area contributed by atoms with Gasteiger partial charge in [-0.15, -0.1) is 0 Å². The van der Waals surface area contributed by atoms with E-state index in [1.165, 1.54) is 18.2 Å². The second-order valence-electron chi connectivity index (χ2n) is 6.74. The second-order valence-corrected chi connectivity index (χ2v) is 7.15. The standard InChI is InChI=1S/C21H12ClF4N3O3/c1-10-5-2-3-8-14(10)29-19(21(24,25)26)11(9-27-29)18-16(20(30)31)17(28-32-18)15-12(22)6-4-7-13(15)23/h2-9H,1H3,(H,30,31). The molecule has 0 aliphatic rings. The van der Waals surface area contributed by atoms with Gasteiger partial charge in [-0.2, -0.15) is 18.3 Å². The molecule has 6 nitrogen and oxygen atoms in total. The van der Waals surface area contributed by atoms with Crippen LogP contribution in [0.1, 0.15) is 21.6 Å². The highest BCUT2D eigenvalue weighted by Crippen LogP contribution is 2.43. The van der Waals surface area contributed by atoms with Crippen LogP contribution in [0.15, 0.2) is 53.2 Å². The molecular weight excluding hydrogens is 454 g/mol. The van der Waals surface area contributed by atoms with Crippen LogP contribution in [0.4, 0.5) is 17.6 Å². The summed E-state index contributed by atoms with van der Waals surface area (Å²) >= 11 is 5.99. The Balaban J connectivity index is 2.01. The van der Waals surface area contributed by atoms with Crippen LogP contribution in [0.2, 0.25) is 5.02 Å². The normalized spacial score (nSPS) is 11.7. The summed E-state index contributed by atoms with van der Waals surface area (Å²) in [4.78, 5) is 12.0. The van der Waals surface area contributed by atoms with Crippen molar-refractivity contribution >= 4 is 17.6 Å². The maximum Gasteiger partial charge on any atom is 0.434 e. The third-order valence-corrected chi connectivity index (χ3v) is 5.05. The number of aromatic carboxylic acids is 1. The summed E-state index contributed by atoms with van der Waals surface area (Å²) in [6.07, 6.45) is -4.11. The van der Waals surface area contributed by atoms with E-state index in [1.807, 2.05) is 0 Å². The lowest BCUT2D eigenvalue weighted by molar-refractivity contribution is -0.142. The number of carbonyl (C=O) groups is 1. The van der Waals surface area contributed by atoms with Gasteiger partial charge in [-0.25, -0.2) is 13.9 Å². The molecule has 0 spiro atoms. The number of carboxylic acids is 1. The highest BCUT2D eigenvalue weighted by molar-refractivity contribution is 6.33. The Bertz CT molecular complexity index is 1320. The van der Waals surface area contributed by atoms with Crippen molar-refractivity contribution in [3.8, 4) is 28.3 Å². The van der Waals surface area contributed by atoms with Gasteiger partial charge < -0.3 is 9.63 Å². The molecule has 0 bridgehead atoms. The summed E-state index contributed by atoms with van der Waals surface area (Å²) in [5, 5.41) is 16.9. The molecule has 2 aromatic heterocycles. The van der Waals surface area contributed by atoms with Gasteiger partial charge in [0.15, 0.2) is 11.5 Å². The molecule has 0 amide bonds. The smallest absolute Gasteiger partial charge is 0.434 e. The third-order valence-electron chi connectivity index (χ3n) is 4.73. The van der Waals surface area contributed by atoms with Gasteiger partial charge in [0, 0.05) is 0 Å². The first-order valence-electron chi connectivity index (χ1n) is 9.00. The molecule has 0 saturated carbocycles. The summed E-state index contributed by atoms with van der Waals surface area (Å²) in [5.41, 5.74) is -3.00. The number of nitrogens with zero attached hydrogens (tertiary/aromatic N) is 3. The molecule has 0 aliphatic heterocycles. The van der Waals surface area contributed by atoms with Crippen LogP contribution in [0.5, 0.6) is 0 Å². The number of benzene rings is 2. The summed E-state index contributed by atoms with van der Waals surface area (Å²) in [5.74, 6) is -3.31. The molecule has 4 aromatic rings. The number of carboxylic acid groups (broad SMARTS) is 1. The molecule has 11 heteroatoms. The monoisotopic (exact) mass is 465 g/mol. The van der Waals surface area contributed by atoms with Crippen LogP contribution in [-0.2, 0) is 6.18 Å². The first-order chi connectivity index (χ1) is 15.1. The molecule has 0 fully saturated rings. The number of hydrogen-bond donors (Lipinski definition) is 1. The topological polar surface area (TPSA) is 81.2 Å². The van der Waals surface area contributed by atoms with Crippen LogP contribution < -0.4 is 0 Å². The molecule has 0 unspecified atom stereocenters. The van der Waals surface area contributed by atoms with Crippen LogP contribution in [0.3, 0.4) is 0 Å². The Morgan fingerprint density at radius 3 is 2.50 bits per heavy atom. The predicted molar refractivity (Wildman–Crippen MR) is 106 cm³/mol. The van der Waals surface area contributed by atoms with Crippen molar-refractivity contribution in [2.45, 2.75) is 13.1 Å². The van der Waals surface area contributed by atoms with E-state index < -0.39 is 51.8 Å². The maximum absolute atomic E-state index is 14.4. The first kappa shape index (κ1) is 21.6. The van der Waals surface area contributed by atoms with Gasteiger partial charge in [-0.1, -0.05) is 41.0 Å².